The van der Waals surface area contributed by atoms with E-state index in [-0.39, 0.29) is 11.6 Å². The Balaban J connectivity index is 1.53. The summed E-state index contributed by atoms with van der Waals surface area (Å²) >= 11 is 0. The number of aromatic amines is 1. The van der Waals surface area contributed by atoms with Gasteiger partial charge in [-0.2, -0.15) is 0 Å². The Bertz CT molecular complexity index is 1010. The molecule has 0 saturated carbocycles. The predicted octanol–water partition coefficient (Wildman–Crippen LogP) is 2.85. The van der Waals surface area contributed by atoms with Crippen LogP contribution in [0.1, 0.15) is 29.9 Å². The van der Waals surface area contributed by atoms with E-state index in [1.807, 2.05) is 37.3 Å². The summed E-state index contributed by atoms with van der Waals surface area (Å²) in [6, 6.07) is 11.6. The van der Waals surface area contributed by atoms with Crippen LogP contribution in [0.5, 0.6) is 11.5 Å². The lowest BCUT2D eigenvalue weighted by atomic mass is 10.1. The van der Waals surface area contributed by atoms with Gasteiger partial charge in [0.15, 0.2) is 11.5 Å². The Morgan fingerprint density at radius 3 is 2.85 bits per heavy atom. The Morgan fingerprint density at radius 1 is 1.19 bits per heavy atom. The summed E-state index contributed by atoms with van der Waals surface area (Å²) in [5.41, 5.74) is 2.73. The molecule has 2 N–H and O–H groups in total. The van der Waals surface area contributed by atoms with Crippen LogP contribution in [-0.2, 0) is 6.54 Å². The summed E-state index contributed by atoms with van der Waals surface area (Å²) in [6.45, 7) is 5.65. The molecule has 0 saturated heterocycles. The number of nitrogens with zero attached hydrogens (tertiary/aromatic N) is 1. The molecule has 2 aromatic carbocycles. The second-order valence-electron chi connectivity index (χ2n) is 6.49. The van der Waals surface area contributed by atoms with Crippen molar-refractivity contribution in [3.63, 3.8) is 0 Å². The van der Waals surface area contributed by atoms with E-state index < -0.39 is 0 Å². The number of para-hydroxylation sites is 1. The summed E-state index contributed by atoms with van der Waals surface area (Å²) in [5, 5.41) is 4.02. The number of H-pyrrole nitrogens is 1. The van der Waals surface area contributed by atoms with Crippen molar-refractivity contribution >= 4 is 10.9 Å². The highest BCUT2D eigenvalue weighted by Gasteiger charge is 2.15. The van der Waals surface area contributed by atoms with Crippen LogP contribution in [0, 0.1) is 6.92 Å². The van der Waals surface area contributed by atoms with E-state index in [9.17, 15) is 4.79 Å². The van der Waals surface area contributed by atoms with Crippen LogP contribution in [0.3, 0.4) is 0 Å². The van der Waals surface area contributed by atoms with E-state index in [0.29, 0.717) is 31.0 Å². The number of hydrogen-bond acceptors (Lipinski definition) is 5. The standard InChI is InChI=1S/C20H21N3O3/c1-12-4-3-5-15-19(12)22-18(23-20(15)24)11-21-13(2)14-6-7-16-17(10-14)26-9-8-25-16/h3-7,10,13,21H,8-9,11H2,1-2H3,(H,22,23,24)/t13-/m1/s1. The number of fused-ring (bicyclic) bond motifs is 2. The molecule has 0 aliphatic carbocycles. The maximum Gasteiger partial charge on any atom is 0.258 e. The number of aromatic nitrogens is 2. The first-order chi connectivity index (χ1) is 12.6. The van der Waals surface area contributed by atoms with E-state index in [2.05, 4.69) is 22.2 Å². The highest BCUT2D eigenvalue weighted by atomic mass is 16.6. The molecule has 134 valence electrons. The monoisotopic (exact) mass is 351 g/mol. The normalized spacial score (nSPS) is 14.4. The first-order valence-electron chi connectivity index (χ1n) is 8.73. The first kappa shape index (κ1) is 16.6. The van der Waals surface area contributed by atoms with Gasteiger partial charge in [0.25, 0.3) is 5.56 Å². The van der Waals surface area contributed by atoms with Gasteiger partial charge in [0.1, 0.15) is 19.0 Å². The minimum atomic E-state index is -0.109. The molecular weight excluding hydrogens is 330 g/mol. The summed E-state index contributed by atoms with van der Waals surface area (Å²) in [4.78, 5) is 19.7. The minimum Gasteiger partial charge on any atom is -0.486 e. The molecule has 1 aromatic heterocycles. The molecule has 3 aromatic rings. The second kappa shape index (κ2) is 6.80. The van der Waals surface area contributed by atoms with Gasteiger partial charge < -0.3 is 19.8 Å². The molecule has 0 unspecified atom stereocenters. The van der Waals surface area contributed by atoms with E-state index in [0.717, 1.165) is 28.1 Å². The Kier molecular flexibility index (Phi) is 4.34. The fourth-order valence-corrected chi connectivity index (χ4v) is 3.13. The summed E-state index contributed by atoms with van der Waals surface area (Å²) in [5.74, 6) is 2.18. The molecule has 2 heterocycles. The molecule has 4 rings (SSSR count). The average molecular weight is 351 g/mol. The van der Waals surface area contributed by atoms with Gasteiger partial charge in [-0.05, 0) is 43.2 Å². The molecule has 6 nitrogen and oxygen atoms in total. The molecule has 0 amide bonds. The third-order valence-electron chi connectivity index (χ3n) is 4.63. The molecule has 0 spiro atoms. The zero-order chi connectivity index (χ0) is 18.1. The van der Waals surface area contributed by atoms with Gasteiger partial charge in [0, 0.05) is 6.04 Å². The topological polar surface area (TPSA) is 76.2 Å². The van der Waals surface area contributed by atoms with Gasteiger partial charge in [-0.15, -0.1) is 0 Å². The highest BCUT2D eigenvalue weighted by molar-refractivity contribution is 5.80. The Hall–Kier alpha value is -2.86. The molecule has 26 heavy (non-hydrogen) atoms. The number of ether oxygens (including phenoxy) is 2. The van der Waals surface area contributed by atoms with Gasteiger partial charge in [0.2, 0.25) is 0 Å². The van der Waals surface area contributed by atoms with Crippen molar-refractivity contribution in [1.29, 1.82) is 0 Å². The largest absolute Gasteiger partial charge is 0.486 e. The second-order valence-corrected chi connectivity index (χ2v) is 6.49. The molecule has 0 bridgehead atoms. The lowest BCUT2D eigenvalue weighted by Crippen LogP contribution is -2.23. The fourth-order valence-electron chi connectivity index (χ4n) is 3.13. The van der Waals surface area contributed by atoms with Crippen molar-refractivity contribution in [2.75, 3.05) is 13.2 Å². The lowest BCUT2D eigenvalue weighted by Gasteiger charge is -2.21. The van der Waals surface area contributed by atoms with Crippen molar-refractivity contribution < 1.29 is 9.47 Å². The van der Waals surface area contributed by atoms with Crippen LogP contribution in [0.25, 0.3) is 10.9 Å². The quantitative estimate of drug-likeness (QED) is 0.756. The number of nitrogens with one attached hydrogen (secondary N) is 2. The van der Waals surface area contributed by atoms with Crippen molar-refractivity contribution in [2.24, 2.45) is 0 Å². The van der Waals surface area contributed by atoms with Crippen LogP contribution >= 0.6 is 0 Å². The van der Waals surface area contributed by atoms with Gasteiger partial charge in [-0.3, -0.25) is 4.79 Å². The van der Waals surface area contributed by atoms with Crippen LogP contribution in [-0.4, -0.2) is 23.2 Å². The average Bonchev–Trinajstić information content (AvgIpc) is 2.66. The first-order valence-corrected chi connectivity index (χ1v) is 8.73. The molecule has 1 aliphatic rings. The van der Waals surface area contributed by atoms with Crippen LogP contribution < -0.4 is 20.3 Å². The van der Waals surface area contributed by atoms with Gasteiger partial charge in [0.05, 0.1) is 17.4 Å². The maximum atomic E-state index is 12.3. The SMILES string of the molecule is Cc1cccc2c(=O)[nH]c(CN[C@H](C)c3ccc4c(c3)OCCO4)nc12. The van der Waals surface area contributed by atoms with E-state index in [4.69, 9.17) is 9.47 Å². The molecule has 0 radical (unpaired) electrons. The Labute approximate surface area is 151 Å². The van der Waals surface area contributed by atoms with Crippen LogP contribution in [0.4, 0.5) is 0 Å². The van der Waals surface area contributed by atoms with Gasteiger partial charge in [-0.1, -0.05) is 18.2 Å². The third-order valence-corrected chi connectivity index (χ3v) is 4.63. The van der Waals surface area contributed by atoms with Crippen LogP contribution in [0.15, 0.2) is 41.2 Å². The number of aryl methyl sites for hydroxylation is 1. The number of benzene rings is 2. The van der Waals surface area contributed by atoms with Crippen molar-refractivity contribution in [1.82, 2.24) is 15.3 Å². The molecule has 1 atom stereocenters. The zero-order valence-electron chi connectivity index (χ0n) is 14.8. The van der Waals surface area contributed by atoms with Crippen molar-refractivity contribution in [3.8, 4) is 11.5 Å². The third kappa shape index (κ3) is 3.15. The highest BCUT2D eigenvalue weighted by Crippen LogP contribution is 2.32. The Morgan fingerprint density at radius 2 is 2.00 bits per heavy atom. The predicted molar refractivity (Wildman–Crippen MR) is 99.8 cm³/mol. The minimum absolute atomic E-state index is 0.0729. The fraction of sp³-hybridized carbons (Fsp3) is 0.300. The summed E-state index contributed by atoms with van der Waals surface area (Å²) < 4.78 is 11.2. The van der Waals surface area contributed by atoms with E-state index in [1.165, 1.54) is 0 Å². The van der Waals surface area contributed by atoms with Crippen LogP contribution in [0.2, 0.25) is 0 Å². The van der Waals surface area contributed by atoms with Gasteiger partial charge >= 0.3 is 0 Å². The van der Waals surface area contributed by atoms with Crippen molar-refractivity contribution in [2.45, 2.75) is 26.4 Å². The molecule has 6 heteroatoms. The maximum absolute atomic E-state index is 12.3. The van der Waals surface area contributed by atoms with E-state index >= 15 is 0 Å². The number of rotatable bonds is 4. The van der Waals surface area contributed by atoms with E-state index in [1.54, 1.807) is 6.07 Å². The summed E-state index contributed by atoms with van der Waals surface area (Å²) in [7, 11) is 0. The number of hydrogen-bond donors (Lipinski definition) is 2. The smallest absolute Gasteiger partial charge is 0.258 e. The van der Waals surface area contributed by atoms with Gasteiger partial charge in [-0.25, -0.2) is 4.98 Å². The zero-order valence-corrected chi connectivity index (χ0v) is 14.8. The summed E-state index contributed by atoms with van der Waals surface area (Å²) in [6.07, 6.45) is 0. The molecular formula is C20H21N3O3. The lowest BCUT2D eigenvalue weighted by molar-refractivity contribution is 0.171. The van der Waals surface area contributed by atoms with Crippen molar-refractivity contribution in [3.05, 3.63) is 63.7 Å². The molecule has 0 fully saturated rings. The molecule has 1 aliphatic heterocycles.